The molecule has 0 saturated heterocycles. The molecule has 0 aliphatic carbocycles. The van der Waals surface area contributed by atoms with Gasteiger partial charge in [0, 0.05) is 26.6 Å². The van der Waals surface area contributed by atoms with Crippen molar-refractivity contribution in [2.75, 3.05) is 0 Å². The number of benzene rings is 1. The number of hydrogen-bond donors (Lipinski definition) is 2. The molecule has 0 radical (unpaired) electrons. The van der Waals surface area contributed by atoms with Gasteiger partial charge >= 0.3 is 0 Å². The van der Waals surface area contributed by atoms with Crippen molar-refractivity contribution < 1.29 is 10.2 Å². The molecular formula is C13H14O3S. The first-order valence-electron chi connectivity index (χ1n) is 5.55. The first-order valence-corrected chi connectivity index (χ1v) is 6.37. The molecule has 0 atom stereocenters. The van der Waals surface area contributed by atoms with Gasteiger partial charge in [-0.3, -0.25) is 4.79 Å². The van der Waals surface area contributed by atoms with Gasteiger partial charge in [0.05, 0.1) is 6.61 Å². The molecule has 0 saturated carbocycles. The highest BCUT2D eigenvalue weighted by Crippen LogP contribution is 2.30. The van der Waals surface area contributed by atoms with Crippen molar-refractivity contribution in [2.24, 2.45) is 0 Å². The number of hydrogen-bond acceptors (Lipinski definition) is 4. The molecule has 0 bridgehead atoms. The summed E-state index contributed by atoms with van der Waals surface area (Å²) in [4.78, 5) is 12.5. The fraction of sp³-hybridized carbons (Fsp3) is 0.308. The Morgan fingerprint density at radius 2 is 2.12 bits per heavy atom. The fourth-order valence-corrected chi connectivity index (χ4v) is 2.98. The lowest BCUT2D eigenvalue weighted by Gasteiger charge is -2.08. The van der Waals surface area contributed by atoms with Crippen LogP contribution in [0.4, 0.5) is 0 Å². The molecule has 0 aliphatic rings. The lowest BCUT2D eigenvalue weighted by atomic mass is 10.1. The van der Waals surface area contributed by atoms with Gasteiger partial charge in [0.25, 0.3) is 0 Å². The van der Waals surface area contributed by atoms with Crippen LogP contribution < -0.4 is 5.43 Å². The molecule has 3 nitrogen and oxygen atoms in total. The van der Waals surface area contributed by atoms with E-state index in [1.165, 1.54) is 17.4 Å². The fourth-order valence-electron chi connectivity index (χ4n) is 1.88. The van der Waals surface area contributed by atoms with Gasteiger partial charge in [0.1, 0.15) is 5.75 Å². The summed E-state index contributed by atoms with van der Waals surface area (Å²) < 4.78 is 0.795. The Morgan fingerprint density at radius 1 is 1.35 bits per heavy atom. The maximum Gasteiger partial charge on any atom is 0.188 e. The van der Waals surface area contributed by atoms with Crippen molar-refractivity contribution in [3.05, 3.63) is 38.9 Å². The largest absolute Gasteiger partial charge is 0.508 e. The van der Waals surface area contributed by atoms with Crippen LogP contribution in [-0.4, -0.2) is 10.2 Å². The molecule has 2 aromatic rings. The standard InChI is InChI=1S/C13H14O3S/c1-2-3-9-11(15)5-4-10-12(16)6-8(7-14)17-13(9)10/h4-6,14-15H,2-3,7H2,1H3. The number of aliphatic hydroxyl groups excluding tert-OH is 1. The molecule has 0 aliphatic heterocycles. The monoisotopic (exact) mass is 250 g/mol. The van der Waals surface area contributed by atoms with Gasteiger partial charge in [0.15, 0.2) is 5.43 Å². The van der Waals surface area contributed by atoms with Crippen LogP contribution in [0.15, 0.2) is 23.0 Å². The Hall–Kier alpha value is -1.39. The van der Waals surface area contributed by atoms with Crippen molar-refractivity contribution in [2.45, 2.75) is 26.4 Å². The minimum Gasteiger partial charge on any atom is -0.508 e. The third-order valence-corrected chi connectivity index (χ3v) is 3.86. The van der Waals surface area contributed by atoms with Crippen molar-refractivity contribution >= 4 is 21.4 Å². The molecule has 1 aromatic carbocycles. The number of fused-ring (bicyclic) bond motifs is 1. The predicted octanol–water partition coefficient (Wildman–Crippen LogP) is 2.41. The molecule has 0 spiro atoms. The molecule has 2 N–H and O–H groups in total. The van der Waals surface area contributed by atoms with Gasteiger partial charge < -0.3 is 10.2 Å². The minimum absolute atomic E-state index is 0.0971. The smallest absolute Gasteiger partial charge is 0.188 e. The highest BCUT2D eigenvalue weighted by molar-refractivity contribution is 7.18. The average molecular weight is 250 g/mol. The number of aliphatic hydroxyl groups is 1. The zero-order valence-corrected chi connectivity index (χ0v) is 10.4. The van der Waals surface area contributed by atoms with Crippen molar-refractivity contribution in [3.63, 3.8) is 0 Å². The van der Waals surface area contributed by atoms with Crippen LogP contribution in [0.25, 0.3) is 10.1 Å². The second-order valence-corrected chi connectivity index (χ2v) is 5.06. The van der Waals surface area contributed by atoms with E-state index in [-0.39, 0.29) is 17.8 Å². The summed E-state index contributed by atoms with van der Waals surface area (Å²) in [6.45, 7) is 1.88. The molecule has 2 rings (SSSR count). The van der Waals surface area contributed by atoms with Gasteiger partial charge in [-0.25, -0.2) is 0 Å². The van der Waals surface area contributed by atoms with Gasteiger partial charge in [-0.2, -0.15) is 0 Å². The van der Waals surface area contributed by atoms with E-state index in [0.29, 0.717) is 10.3 Å². The normalized spacial score (nSPS) is 10.9. The number of aryl methyl sites for hydroxylation is 1. The number of phenolic OH excluding ortho intramolecular Hbond substituents is 1. The van der Waals surface area contributed by atoms with Crippen LogP contribution in [0.2, 0.25) is 0 Å². The van der Waals surface area contributed by atoms with E-state index in [0.717, 1.165) is 23.1 Å². The zero-order valence-electron chi connectivity index (χ0n) is 9.56. The van der Waals surface area contributed by atoms with Gasteiger partial charge in [-0.15, -0.1) is 11.3 Å². The van der Waals surface area contributed by atoms with E-state index >= 15 is 0 Å². The molecular weight excluding hydrogens is 236 g/mol. The lowest BCUT2D eigenvalue weighted by Crippen LogP contribution is -2.02. The van der Waals surface area contributed by atoms with Gasteiger partial charge in [-0.05, 0) is 18.6 Å². The third kappa shape index (κ3) is 2.18. The highest BCUT2D eigenvalue weighted by Gasteiger charge is 2.10. The highest BCUT2D eigenvalue weighted by atomic mass is 32.1. The molecule has 4 heteroatoms. The summed E-state index contributed by atoms with van der Waals surface area (Å²) in [5.74, 6) is 0.227. The SMILES string of the molecule is CCCc1c(O)ccc2c(=O)cc(CO)sc12. The average Bonchev–Trinajstić information content (AvgIpc) is 2.32. The Balaban J connectivity index is 2.81. The molecule has 1 heterocycles. The quantitative estimate of drug-likeness (QED) is 0.879. The van der Waals surface area contributed by atoms with Crippen LogP contribution >= 0.6 is 11.3 Å². The summed E-state index contributed by atoms with van der Waals surface area (Å²) in [6, 6.07) is 4.67. The molecule has 0 amide bonds. The molecule has 0 unspecified atom stereocenters. The Morgan fingerprint density at radius 3 is 2.76 bits per heavy atom. The van der Waals surface area contributed by atoms with Crippen LogP contribution in [-0.2, 0) is 13.0 Å². The summed E-state index contributed by atoms with van der Waals surface area (Å²) in [7, 11) is 0. The van der Waals surface area contributed by atoms with Gasteiger partial charge in [-0.1, -0.05) is 13.3 Å². The summed E-state index contributed by atoms with van der Waals surface area (Å²) in [6.07, 6.45) is 1.63. The third-order valence-electron chi connectivity index (χ3n) is 2.68. The van der Waals surface area contributed by atoms with E-state index < -0.39 is 0 Å². The van der Waals surface area contributed by atoms with Crippen LogP contribution in [0, 0.1) is 0 Å². The predicted molar refractivity (Wildman–Crippen MR) is 69.7 cm³/mol. The second-order valence-electron chi connectivity index (χ2n) is 3.93. The number of aromatic hydroxyl groups is 1. The first-order chi connectivity index (χ1) is 8.17. The van der Waals surface area contributed by atoms with E-state index in [4.69, 9.17) is 5.11 Å². The zero-order chi connectivity index (χ0) is 12.4. The van der Waals surface area contributed by atoms with E-state index in [9.17, 15) is 9.90 Å². The summed E-state index contributed by atoms with van der Waals surface area (Å²) >= 11 is 1.37. The summed E-state index contributed by atoms with van der Waals surface area (Å²) in [5.41, 5.74) is 0.711. The van der Waals surface area contributed by atoms with Gasteiger partial charge in [0.2, 0.25) is 0 Å². The topological polar surface area (TPSA) is 57.5 Å². The number of phenols is 1. The Labute approximate surface area is 103 Å². The first kappa shape index (κ1) is 12.1. The Bertz CT molecular complexity index is 601. The summed E-state index contributed by atoms with van der Waals surface area (Å²) in [5, 5.41) is 19.6. The molecule has 17 heavy (non-hydrogen) atoms. The van der Waals surface area contributed by atoms with Crippen molar-refractivity contribution in [1.82, 2.24) is 0 Å². The minimum atomic E-state index is -0.142. The lowest BCUT2D eigenvalue weighted by molar-refractivity contribution is 0.285. The van der Waals surface area contributed by atoms with Crippen LogP contribution in [0.3, 0.4) is 0 Å². The molecule has 1 aromatic heterocycles. The maximum absolute atomic E-state index is 11.8. The van der Waals surface area contributed by atoms with Crippen molar-refractivity contribution in [3.8, 4) is 5.75 Å². The van der Waals surface area contributed by atoms with Crippen LogP contribution in [0.1, 0.15) is 23.8 Å². The maximum atomic E-state index is 11.8. The van der Waals surface area contributed by atoms with E-state index in [1.54, 1.807) is 12.1 Å². The van der Waals surface area contributed by atoms with E-state index in [2.05, 4.69) is 0 Å². The van der Waals surface area contributed by atoms with Crippen molar-refractivity contribution in [1.29, 1.82) is 0 Å². The van der Waals surface area contributed by atoms with E-state index in [1.807, 2.05) is 6.92 Å². The molecule has 90 valence electrons. The second kappa shape index (κ2) is 4.85. The number of rotatable bonds is 3. The Kier molecular flexibility index (Phi) is 3.45. The van der Waals surface area contributed by atoms with Crippen LogP contribution in [0.5, 0.6) is 5.75 Å². The molecule has 0 fully saturated rings.